The van der Waals surface area contributed by atoms with Gasteiger partial charge < -0.3 is 10.2 Å². The maximum atomic E-state index is 12.8. The van der Waals surface area contributed by atoms with E-state index >= 15 is 0 Å². The first-order valence-corrected chi connectivity index (χ1v) is 8.79. The van der Waals surface area contributed by atoms with Gasteiger partial charge in [-0.15, -0.1) is 0 Å². The molecule has 0 radical (unpaired) electrons. The van der Waals surface area contributed by atoms with Gasteiger partial charge in [-0.1, -0.05) is 24.3 Å². The van der Waals surface area contributed by atoms with Crippen LogP contribution in [0, 0.1) is 0 Å². The maximum Gasteiger partial charge on any atom is 0.272 e. The standard InChI is InChI=1S/C20H20N4O2/c25-19(15-6-2-1-3-7-15)22-16-9-12-23(13-10-16)20(26)17-14-21-18-8-4-5-11-24(17)18/h1-8,11,14,16H,9-10,12-13H2,(H,22,25). The van der Waals surface area contributed by atoms with Crippen LogP contribution in [0.1, 0.15) is 33.7 Å². The molecule has 6 nitrogen and oxygen atoms in total. The molecule has 3 heterocycles. The Bertz CT molecular complexity index is 927. The summed E-state index contributed by atoms with van der Waals surface area (Å²) in [4.78, 5) is 31.2. The molecule has 26 heavy (non-hydrogen) atoms. The number of piperidine rings is 1. The van der Waals surface area contributed by atoms with E-state index in [2.05, 4.69) is 10.3 Å². The highest BCUT2D eigenvalue weighted by Gasteiger charge is 2.26. The molecule has 1 aliphatic heterocycles. The van der Waals surface area contributed by atoms with Crippen molar-refractivity contribution in [1.29, 1.82) is 0 Å². The average Bonchev–Trinajstić information content (AvgIpc) is 3.13. The summed E-state index contributed by atoms with van der Waals surface area (Å²) in [5, 5.41) is 3.06. The fraction of sp³-hybridized carbons (Fsp3) is 0.250. The second-order valence-corrected chi connectivity index (χ2v) is 6.48. The van der Waals surface area contributed by atoms with Crippen LogP contribution in [-0.4, -0.2) is 45.2 Å². The summed E-state index contributed by atoms with van der Waals surface area (Å²) in [7, 11) is 0. The highest BCUT2D eigenvalue weighted by molar-refractivity contribution is 5.94. The number of nitrogens with zero attached hydrogens (tertiary/aromatic N) is 3. The molecule has 2 aromatic heterocycles. The van der Waals surface area contributed by atoms with Gasteiger partial charge >= 0.3 is 0 Å². The van der Waals surface area contributed by atoms with Crippen molar-refractivity contribution in [3.63, 3.8) is 0 Å². The van der Waals surface area contributed by atoms with E-state index in [-0.39, 0.29) is 17.9 Å². The number of likely N-dealkylation sites (tertiary alicyclic amines) is 1. The van der Waals surface area contributed by atoms with Crippen LogP contribution in [0.2, 0.25) is 0 Å². The number of pyridine rings is 1. The Morgan fingerprint density at radius 2 is 1.73 bits per heavy atom. The lowest BCUT2D eigenvalue weighted by Gasteiger charge is -2.32. The Labute approximate surface area is 151 Å². The maximum absolute atomic E-state index is 12.8. The number of fused-ring (bicyclic) bond motifs is 1. The first-order chi connectivity index (χ1) is 12.7. The third-order valence-corrected chi connectivity index (χ3v) is 4.79. The number of nitrogens with one attached hydrogen (secondary N) is 1. The molecule has 1 aromatic carbocycles. The number of benzene rings is 1. The Morgan fingerprint density at radius 1 is 1.00 bits per heavy atom. The van der Waals surface area contributed by atoms with E-state index in [1.54, 1.807) is 18.3 Å². The topological polar surface area (TPSA) is 66.7 Å². The van der Waals surface area contributed by atoms with Crippen molar-refractivity contribution in [3.05, 3.63) is 72.2 Å². The van der Waals surface area contributed by atoms with Crippen LogP contribution in [0.4, 0.5) is 0 Å². The average molecular weight is 348 g/mol. The predicted octanol–water partition coefficient (Wildman–Crippen LogP) is 2.37. The normalized spacial score (nSPS) is 15.2. The number of amides is 2. The van der Waals surface area contributed by atoms with E-state index in [1.165, 1.54) is 0 Å². The van der Waals surface area contributed by atoms with Crippen LogP contribution in [0.15, 0.2) is 60.9 Å². The van der Waals surface area contributed by atoms with Gasteiger partial charge in [0.1, 0.15) is 11.3 Å². The lowest BCUT2D eigenvalue weighted by atomic mass is 10.0. The molecule has 0 saturated carbocycles. The summed E-state index contributed by atoms with van der Waals surface area (Å²) in [5.41, 5.74) is 2.00. The molecule has 1 saturated heterocycles. The Morgan fingerprint density at radius 3 is 2.50 bits per heavy atom. The monoisotopic (exact) mass is 348 g/mol. The molecule has 4 rings (SSSR count). The van der Waals surface area contributed by atoms with Crippen molar-refractivity contribution in [1.82, 2.24) is 19.6 Å². The Kier molecular flexibility index (Phi) is 4.39. The number of aromatic nitrogens is 2. The molecular formula is C20H20N4O2. The minimum Gasteiger partial charge on any atom is -0.349 e. The van der Waals surface area contributed by atoms with Crippen LogP contribution >= 0.6 is 0 Å². The van der Waals surface area contributed by atoms with E-state index in [1.807, 2.05) is 51.9 Å². The van der Waals surface area contributed by atoms with Gasteiger partial charge in [-0.2, -0.15) is 0 Å². The third kappa shape index (κ3) is 3.18. The van der Waals surface area contributed by atoms with Gasteiger partial charge in [-0.05, 0) is 37.1 Å². The minimum absolute atomic E-state index is 0.0171. The molecule has 1 N–H and O–H groups in total. The molecule has 2 amide bonds. The number of hydrogen-bond acceptors (Lipinski definition) is 3. The number of rotatable bonds is 3. The lowest BCUT2D eigenvalue weighted by molar-refractivity contribution is 0.0691. The molecule has 1 aliphatic rings. The smallest absolute Gasteiger partial charge is 0.272 e. The van der Waals surface area contributed by atoms with E-state index in [4.69, 9.17) is 0 Å². The van der Waals surface area contributed by atoms with Crippen molar-refractivity contribution in [2.45, 2.75) is 18.9 Å². The zero-order chi connectivity index (χ0) is 17.9. The predicted molar refractivity (Wildman–Crippen MR) is 98.0 cm³/mol. The molecule has 0 unspecified atom stereocenters. The molecule has 3 aromatic rings. The number of carbonyl (C=O) groups excluding carboxylic acids is 2. The fourth-order valence-corrected chi connectivity index (χ4v) is 3.34. The summed E-state index contributed by atoms with van der Waals surface area (Å²) < 4.78 is 1.81. The van der Waals surface area contributed by atoms with Crippen LogP contribution < -0.4 is 5.32 Å². The summed E-state index contributed by atoms with van der Waals surface area (Å²) in [6.45, 7) is 1.25. The van der Waals surface area contributed by atoms with Crippen molar-refractivity contribution >= 4 is 17.5 Å². The van der Waals surface area contributed by atoms with E-state index in [0.29, 0.717) is 24.3 Å². The molecule has 0 spiro atoms. The van der Waals surface area contributed by atoms with Crippen LogP contribution in [-0.2, 0) is 0 Å². The third-order valence-electron chi connectivity index (χ3n) is 4.79. The van der Waals surface area contributed by atoms with Crippen molar-refractivity contribution in [2.24, 2.45) is 0 Å². The van der Waals surface area contributed by atoms with Gasteiger partial charge in [0, 0.05) is 30.9 Å². The quantitative estimate of drug-likeness (QED) is 0.790. The summed E-state index contributed by atoms with van der Waals surface area (Å²) in [6.07, 6.45) is 4.98. The molecule has 6 heteroatoms. The van der Waals surface area contributed by atoms with Gasteiger partial charge in [0.15, 0.2) is 0 Å². The lowest BCUT2D eigenvalue weighted by Crippen LogP contribution is -2.46. The van der Waals surface area contributed by atoms with Gasteiger partial charge in [0.25, 0.3) is 11.8 Å². The second kappa shape index (κ2) is 7.00. The molecule has 0 atom stereocenters. The number of carbonyl (C=O) groups is 2. The number of imidazole rings is 1. The first-order valence-electron chi connectivity index (χ1n) is 8.79. The highest BCUT2D eigenvalue weighted by atomic mass is 16.2. The van der Waals surface area contributed by atoms with Gasteiger partial charge in [-0.25, -0.2) is 4.98 Å². The zero-order valence-corrected chi connectivity index (χ0v) is 14.3. The molecule has 0 bridgehead atoms. The van der Waals surface area contributed by atoms with Gasteiger partial charge in [-0.3, -0.25) is 14.0 Å². The molecule has 0 aliphatic carbocycles. The van der Waals surface area contributed by atoms with E-state index in [9.17, 15) is 9.59 Å². The van der Waals surface area contributed by atoms with Crippen molar-refractivity contribution < 1.29 is 9.59 Å². The Hall–Kier alpha value is -3.15. The minimum atomic E-state index is -0.0582. The summed E-state index contributed by atoms with van der Waals surface area (Å²) in [6, 6.07) is 15.0. The molecular weight excluding hydrogens is 328 g/mol. The SMILES string of the molecule is O=C(NC1CCN(C(=O)c2cnc3ccccn23)CC1)c1ccccc1. The largest absolute Gasteiger partial charge is 0.349 e. The van der Waals surface area contributed by atoms with Crippen molar-refractivity contribution in [3.8, 4) is 0 Å². The van der Waals surface area contributed by atoms with Crippen molar-refractivity contribution in [2.75, 3.05) is 13.1 Å². The second-order valence-electron chi connectivity index (χ2n) is 6.48. The highest BCUT2D eigenvalue weighted by Crippen LogP contribution is 2.16. The molecule has 1 fully saturated rings. The van der Waals surface area contributed by atoms with Gasteiger partial charge in [0.2, 0.25) is 0 Å². The zero-order valence-electron chi connectivity index (χ0n) is 14.3. The van der Waals surface area contributed by atoms with Crippen LogP contribution in [0.3, 0.4) is 0 Å². The number of hydrogen-bond donors (Lipinski definition) is 1. The molecule has 132 valence electrons. The summed E-state index contributed by atoms with van der Waals surface area (Å²) in [5.74, 6) is -0.0753. The summed E-state index contributed by atoms with van der Waals surface area (Å²) >= 11 is 0. The van der Waals surface area contributed by atoms with Gasteiger partial charge in [0.05, 0.1) is 6.20 Å². The fourth-order valence-electron chi connectivity index (χ4n) is 3.34. The Balaban J connectivity index is 1.37. The van der Waals surface area contributed by atoms with Crippen LogP contribution in [0.5, 0.6) is 0 Å². The van der Waals surface area contributed by atoms with E-state index < -0.39 is 0 Å². The van der Waals surface area contributed by atoms with Crippen LogP contribution in [0.25, 0.3) is 5.65 Å². The van der Waals surface area contributed by atoms with E-state index in [0.717, 1.165) is 18.5 Å². The first kappa shape index (κ1) is 16.3.